The maximum absolute atomic E-state index is 12.9. The molecule has 19 heavy (non-hydrogen) atoms. The van der Waals surface area contributed by atoms with Crippen LogP contribution in [0.1, 0.15) is 62.1 Å². The van der Waals surface area contributed by atoms with Crippen LogP contribution in [0.15, 0.2) is 18.2 Å². The van der Waals surface area contributed by atoms with Crippen molar-refractivity contribution in [1.29, 1.82) is 0 Å². The molecule has 1 aromatic rings. The lowest BCUT2D eigenvalue weighted by Gasteiger charge is -2.18. The van der Waals surface area contributed by atoms with E-state index in [1.54, 1.807) is 0 Å². The van der Waals surface area contributed by atoms with Gasteiger partial charge in [0.25, 0.3) is 0 Å². The molecule has 1 aliphatic rings. The highest BCUT2D eigenvalue weighted by atomic mass is 19.4. The Morgan fingerprint density at radius 2 is 1.74 bits per heavy atom. The van der Waals surface area contributed by atoms with Crippen LogP contribution in [0.3, 0.4) is 0 Å². The molecule has 0 bridgehead atoms. The first-order valence-electron chi connectivity index (χ1n) is 6.83. The Kier molecular flexibility index (Phi) is 5.85. The molecule has 1 aliphatic carbocycles. The Balaban J connectivity index is 0.000000861. The van der Waals surface area contributed by atoms with E-state index in [1.807, 2.05) is 13.8 Å². The van der Waals surface area contributed by atoms with Crippen LogP contribution in [0.5, 0.6) is 0 Å². The Bertz CT molecular complexity index is 393. The fourth-order valence-electron chi connectivity index (χ4n) is 2.54. The number of halogens is 3. The normalized spacial score (nSPS) is 16.1. The van der Waals surface area contributed by atoms with Crippen molar-refractivity contribution in [2.75, 3.05) is 0 Å². The van der Waals surface area contributed by atoms with Gasteiger partial charge in [-0.3, -0.25) is 0 Å². The molecule has 1 nitrogen and oxygen atoms in total. The third-order valence-corrected chi connectivity index (χ3v) is 3.40. The van der Waals surface area contributed by atoms with Gasteiger partial charge in [0.15, 0.2) is 0 Å². The van der Waals surface area contributed by atoms with Crippen molar-refractivity contribution in [1.82, 2.24) is 0 Å². The van der Waals surface area contributed by atoms with Crippen LogP contribution in [0, 0.1) is 0 Å². The van der Waals surface area contributed by atoms with Gasteiger partial charge >= 0.3 is 6.18 Å². The minimum absolute atomic E-state index is 0.00174. The minimum atomic E-state index is -4.30. The van der Waals surface area contributed by atoms with Gasteiger partial charge in [-0.1, -0.05) is 38.8 Å². The molecule has 0 heterocycles. The van der Waals surface area contributed by atoms with E-state index in [9.17, 15) is 13.2 Å². The van der Waals surface area contributed by atoms with Gasteiger partial charge < -0.3 is 5.11 Å². The SMILES string of the molecule is CC.OCc1ccc(C(F)(F)F)c(C2CCCC2)c1. The Hall–Kier alpha value is -1.03. The number of aliphatic hydroxyl groups is 1. The second-order valence-corrected chi connectivity index (χ2v) is 4.56. The summed E-state index contributed by atoms with van der Waals surface area (Å²) in [5.41, 5.74) is 0.378. The van der Waals surface area contributed by atoms with Crippen molar-refractivity contribution in [3.05, 3.63) is 34.9 Å². The van der Waals surface area contributed by atoms with Gasteiger partial charge in [-0.25, -0.2) is 0 Å². The summed E-state index contributed by atoms with van der Waals surface area (Å²) in [7, 11) is 0. The molecule has 0 aliphatic heterocycles. The second kappa shape index (κ2) is 6.94. The number of alkyl halides is 3. The number of rotatable bonds is 2. The average molecular weight is 274 g/mol. The molecule has 1 saturated carbocycles. The maximum atomic E-state index is 12.9. The zero-order chi connectivity index (χ0) is 14.5. The monoisotopic (exact) mass is 274 g/mol. The van der Waals surface area contributed by atoms with Gasteiger partial charge in [0, 0.05) is 0 Å². The lowest BCUT2D eigenvalue weighted by Crippen LogP contribution is -2.11. The van der Waals surface area contributed by atoms with E-state index in [1.165, 1.54) is 12.1 Å². The smallest absolute Gasteiger partial charge is 0.392 e. The molecule has 2 rings (SSSR count). The Labute approximate surface area is 112 Å². The van der Waals surface area contributed by atoms with E-state index in [0.717, 1.165) is 31.7 Å². The van der Waals surface area contributed by atoms with E-state index >= 15 is 0 Å². The van der Waals surface area contributed by atoms with Crippen LogP contribution < -0.4 is 0 Å². The van der Waals surface area contributed by atoms with Crippen LogP contribution in [0.25, 0.3) is 0 Å². The van der Waals surface area contributed by atoms with Gasteiger partial charge in [-0.05, 0) is 36.0 Å². The van der Waals surface area contributed by atoms with E-state index in [4.69, 9.17) is 5.11 Å². The summed E-state index contributed by atoms with van der Waals surface area (Å²) in [5.74, 6) is -0.00174. The predicted molar refractivity (Wildman–Crippen MR) is 69.9 cm³/mol. The van der Waals surface area contributed by atoms with E-state index < -0.39 is 11.7 Å². The van der Waals surface area contributed by atoms with Crippen molar-refractivity contribution in [3.63, 3.8) is 0 Å². The van der Waals surface area contributed by atoms with Crippen molar-refractivity contribution >= 4 is 0 Å². The molecule has 0 aromatic heterocycles. The van der Waals surface area contributed by atoms with Gasteiger partial charge in [0.2, 0.25) is 0 Å². The zero-order valence-corrected chi connectivity index (χ0v) is 11.4. The molecule has 108 valence electrons. The highest BCUT2D eigenvalue weighted by molar-refractivity contribution is 5.37. The van der Waals surface area contributed by atoms with Crippen molar-refractivity contribution in [2.45, 2.75) is 58.2 Å². The van der Waals surface area contributed by atoms with Crippen molar-refractivity contribution in [3.8, 4) is 0 Å². The molecule has 0 unspecified atom stereocenters. The zero-order valence-electron chi connectivity index (χ0n) is 11.4. The number of hydrogen-bond donors (Lipinski definition) is 1. The third-order valence-electron chi connectivity index (χ3n) is 3.40. The summed E-state index contributed by atoms with van der Waals surface area (Å²) in [5, 5.41) is 9.02. The standard InChI is InChI=1S/C13H15F3O.C2H6/c14-13(15,16)12-6-5-9(8-17)7-11(12)10-3-1-2-4-10;1-2/h5-7,10,17H,1-4,8H2;1-2H3. The molecule has 1 aromatic carbocycles. The van der Waals surface area contributed by atoms with Gasteiger partial charge in [-0.2, -0.15) is 13.2 Å². The molecule has 0 radical (unpaired) electrons. The lowest BCUT2D eigenvalue weighted by molar-refractivity contribution is -0.138. The quantitative estimate of drug-likeness (QED) is 0.814. The fraction of sp³-hybridized carbons (Fsp3) is 0.600. The predicted octanol–water partition coefficient (Wildman–Crippen LogP) is 4.88. The van der Waals surface area contributed by atoms with Crippen LogP contribution >= 0.6 is 0 Å². The first-order chi connectivity index (χ1) is 9.02. The minimum Gasteiger partial charge on any atom is -0.392 e. The molecule has 0 saturated heterocycles. The van der Waals surface area contributed by atoms with E-state index in [0.29, 0.717) is 11.1 Å². The average Bonchev–Trinajstić information content (AvgIpc) is 2.93. The summed E-state index contributed by atoms with van der Waals surface area (Å²) < 4.78 is 38.6. The van der Waals surface area contributed by atoms with Crippen LogP contribution in [0.2, 0.25) is 0 Å². The summed E-state index contributed by atoms with van der Waals surface area (Å²) in [6.45, 7) is 3.79. The molecule has 0 amide bonds. The van der Waals surface area contributed by atoms with Gasteiger partial charge in [0.05, 0.1) is 12.2 Å². The van der Waals surface area contributed by atoms with Crippen molar-refractivity contribution in [2.24, 2.45) is 0 Å². The summed E-state index contributed by atoms with van der Waals surface area (Å²) >= 11 is 0. The molecular formula is C15H21F3O. The van der Waals surface area contributed by atoms with Gasteiger partial charge in [0.1, 0.15) is 0 Å². The maximum Gasteiger partial charge on any atom is 0.416 e. The molecule has 4 heteroatoms. The summed E-state index contributed by atoms with van der Waals surface area (Å²) in [6.07, 6.45) is -0.682. The first-order valence-corrected chi connectivity index (χ1v) is 6.83. The van der Waals surface area contributed by atoms with Crippen LogP contribution in [-0.2, 0) is 12.8 Å². The Morgan fingerprint density at radius 1 is 1.16 bits per heavy atom. The lowest BCUT2D eigenvalue weighted by atomic mass is 9.91. The molecular weight excluding hydrogens is 253 g/mol. The molecule has 0 atom stereocenters. The second-order valence-electron chi connectivity index (χ2n) is 4.56. The fourth-order valence-corrected chi connectivity index (χ4v) is 2.54. The summed E-state index contributed by atoms with van der Waals surface area (Å²) in [4.78, 5) is 0. The highest BCUT2D eigenvalue weighted by Crippen LogP contribution is 2.41. The van der Waals surface area contributed by atoms with E-state index in [2.05, 4.69) is 0 Å². The molecule has 0 spiro atoms. The topological polar surface area (TPSA) is 20.2 Å². The number of hydrogen-bond acceptors (Lipinski definition) is 1. The largest absolute Gasteiger partial charge is 0.416 e. The Morgan fingerprint density at radius 3 is 2.21 bits per heavy atom. The number of aliphatic hydroxyl groups excluding tert-OH is 1. The van der Waals surface area contributed by atoms with E-state index in [-0.39, 0.29) is 12.5 Å². The first kappa shape index (κ1) is 16.0. The molecule has 1 N–H and O–H groups in total. The van der Waals surface area contributed by atoms with Crippen molar-refractivity contribution < 1.29 is 18.3 Å². The summed E-state index contributed by atoms with van der Waals surface area (Å²) in [6, 6.07) is 3.96. The number of benzene rings is 1. The molecule has 1 fully saturated rings. The third kappa shape index (κ3) is 3.96. The van der Waals surface area contributed by atoms with Crippen LogP contribution in [0.4, 0.5) is 13.2 Å². The van der Waals surface area contributed by atoms with Gasteiger partial charge in [-0.15, -0.1) is 0 Å². The van der Waals surface area contributed by atoms with Crippen LogP contribution in [-0.4, -0.2) is 5.11 Å². The highest BCUT2D eigenvalue weighted by Gasteiger charge is 2.35.